The summed E-state index contributed by atoms with van der Waals surface area (Å²) in [6.07, 6.45) is -0.583. The van der Waals surface area contributed by atoms with Gasteiger partial charge in [0, 0.05) is 30.3 Å². The monoisotopic (exact) mass is 286 g/mol. The largest absolute Gasteiger partial charge is 0.444 e. The molecule has 17 heavy (non-hydrogen) atoms. The lowest BCUT2D eigenvalue weighted by atomic mass is 10.2. The van der Waals surface area contributed by atoms with Gasteiger partial charge in [-0.15, -0.1) is 0 Å². The predicted octanol–water partition coefficient (Wildman–Crippen LogP) is 1.32. The van der Waals surface area contributed by atoms with Crippen molar-refractivity contribution in [3.63, 3.8) is 0 Å². The van der Waals surface area contributed by atoms with Crippen molar-refractivity contribution >= 4 is 26.0 Å². The van der Waals surface area contributed by atoms with E-state index in [1.165, 1.54) is 0 Å². The highest BCUT2D eigenvalue weighted by Gasteiger charge is 2.18. The second kappa shape index (κ2) is 6.42. The van der Waals surface area contributed by atoms with Crippen LogP contribution in [0.1, 0.15) is 27.7 Å². The summed E-state index contributed by atoms with van der Waals surface area (Å²) in [5.74, 6) is 0. The Hall–Kier alpha value is -0.530. The van der Waals surface area contributed by atoms with Crippen LogP contribution in [-0.4, -0.2) is 44.1 Å². The number of amides is 1. The molecule has 8 heteroatoms. The van der Waals surface area contributed by atoms with Gasteiger partial charge < -0.3 is 10.1 Å². The molecule has 0 aromatic carbocycles. The van der Waals surface area contributed by atoms with Crippen LogP contribution in [0.4, 0.5) is 4.79 Å². The third-order valence-corrected chi connectivity index (χ3v) is 3.33. The molecule has 1 amide bonds. The third-order valence-electron chi connectivity index (χ3n) is 1.69. The lowest BCUT2D eigenvalue weighted by Crippen LogP contribution is -2.38. The van der Waals surface area contributed by atoms with Crippen LogP contribution in [0.25, 0.3) is 0 Å². The van der Waals surface area contributed by atoms with Gasteiger partial charge in [-0.3, -0.25) is 0 Å². The van der Waals surface area contributed by atoms with Gasteiger partial charge in [-0.2, -0.15) is 12.7 Å². The smallest absolute Gasteiger partial charge is 0.407 e. The van der Waals surface area contributed by atoms with E-state index in [4.69, 9.17) is 15.4 Å². The van der Waals surface area contributed by atoms with Crippen molar-refractivity contribution in [2.24, 2.45) is 0 Å². The molecule has 0 aromatic rings. The van der Waals surface area contributed by atoms with E-state index in [9.17, 15) is 13.2 Å². The van der Waals surface area contributed by atoms with Crippen molar-refractivity contribution in [3.05, 3.63) is 0 Å². The number of hydrogen-bond acceptors (Lipinski definition) is 4. The fourth-order valence-electron chi connectivity index (χ4n) is 1.02. The van der Waals surface area contributed by atoms with Gasteiger partial charge in [0.05, 0.1) is 0 Å². The quantitative estimate of drug-likeness (QED) is 0.773. The molecule has 0 aliphatic carbocycles. The zero-order chi connectivity index (χ0) is 13.7. The van der Waals surface area contributed by atoms with E-state index in [0.29, 0.717) is 0 Å². The Morgan fingerprint density at radius 2 is 1.94 bits per heavy atom. The van der Waals surface area contributed by atoms with E-state index in [0.717, 1.165) is 4.31 Å². The highest BCUT2D eigenvalue weighted by molar-refractivity contribution is 8.11. The molecule has 0 radical (unpaired) electrons. The maximum atomic E-state index is 11.2. The van der Waals surface area contributed by atoms with Crippen molar-refractivity contribution in [1.29, 1.82) is 0 Å². The normalized spacial score (nSPS) is 12.6. The average Bonchev–Trinajstić information content (AvgIpc) is 2.07. The molecule has 6 nitrogen and oxygen atoms in total. The number of rotatable bonds is 5. The minimum atomic E-state index is -3.73. The third kappa shape index (κ3) is 8.23. The van der Waals surface area contributed by atoms with E-state index >= 15 is 0 Å². The molecule has 102 valence electrons. The minimum Gasteiger partial charge on any atom is -0.444 e. The number of alkyl carbamates (subject to hydrolysis) is 1. The van der Waals surface area contributed by atoms with Gasteiger partial charge in [0.15, 0.2) is 0 Å². The van der Waals surface area contributed by atoms with Crippen LogP contribution in [0.2, 0.25) is 0 Å². The van der Waals surface area contributed by atoms with E-state index in [2.05, 4.69) is 5.32 Å². The lowest BCUT2D eigenvalue weighted by molar-refractivity contribution is 0.0525. The fourth-order valence-corrected chi connectivity index (χ4v) is 2.14. The minimum absolute atomic E-state index is 0.113. The zero-order valence-corrected chi connectivity index (χ0v) is 12.1. The van der Waals surface area contributed by atoms with E-state index in [1.807, 2.05) is 0 Å². The summed E-state index contributed by atoms with van der Waals surface area (Å²) in [5, 5.41) is 2.45. The molecule has 1 N–H and O–H groups in total. The molecule has 0 atom stereocenters. The highest BCUT2D eigenvalue weighted by atomic mass is 35.7. The van der Waals surface area contributed by atoms with Crippen molar-refractivity contribution in [2.45, 2.75) is 33.3 Å². The number of nitrogens with one attached hydrogen (secondary N) is 1. The number of carbonyl (C=O) groups is 1. The molecule has 0 aliphatic rings. The molecule has 0 heterocycles. The lowest BCUT2D eigenvalue weighted by Gasteiger charge is -2.21. The van der Waals surface area contributed by atoms with E-state index in [1.54, 1.807) is 27.7 Å². The molecular weight excluding hydrogens is 268 g/mol. The standard InChI is InChI=1S/C9H19ClN2O4S/c1-5-12(17(10,14)15)7-6-11-8(13)16-9(2,3)4/h5-7H2,1-4H3,(H,11,13). The molecule has 0 saturated carbocycles. The number of carbonyl (C=O) groups excluding carboxylic acids is 1. The van der Waals surface area contributed by atoms with Crippen molar-refractivity contribution < 1.29 is 17.9 Å². The Morgan fingerprint density at radius 3 is 2.29 bits per heavy atom. The first kappa shape index (κ1) is 16.5. The molecule has 0 aromatic heterocycles. The summed E-state index contributed by atoms with van der Waals surface area (Å²) in [7, 11) is 1.44. The molecular formula is C9H19ClN2O4S. The second-order valence-corrected chi connectivity index (χ2v) is 6.87. The molecule has 0 saturated heterocycles. The van der Waals surface area contributed by atoms with Gasteiger partial charge in [-0.25, -0.2) is 4.79 Å². The summed E-state index contributed by atoms with van der Waals surface area (Å²) in [4.78, 5) is 11.2. The first-order valence-electron chi connectivity index (χ1n) is 5.23. The summed E-state index contributed by atoms with van der Waals surface area (Å²) < 4.78 is 28.1. The predicted molar refractivity (Wildman–Crippen MR) is 66.3 cm³/mol. The van der Waals surface area contributed by atoms with E-state index < -0.39 is 20.9 Å². The maximum absolute atomic E-state index is 11.2. The number of halogens is 1. The van der Waals surface area contributed by atoms with Gasteiger partial charge in [-0.1, -0.05) is 6.92 Å². The van der Waals surface area contributed by atoms with E-state index in [-0.39, 0.29) is 19.6 Å². The van der Waals surface area contributed by atoms with Gasteiger partial charge in [-0.05, 0) is 20.8 Å². The van der Waals surface area contributed by atoms with Crippen LogP contribution in [0.3, 0.4) is 0 Å². The molecule has 0 bridgehead atoms. The van der Waals surface area contributed by atoms with Crippen LogP contribution in [0.15, 0.2) is 0 Å². The molecule has 0 aliphatic heterocycles. The van der Waals surface area contributed by atoms with Gasteiger partial charge in [0.1, 0.15) is 5.60 Å². The Morgan fingerprint density at radius 1 is 1.41 bits per heavy atom. The zero-order valence-electron chi connectivity index (χ0n) is 10.5. The molecule has 0 fully saturated rings. The molecule has 0 spiro atoms. The van der Waals surface area contributed by atoms with Crippen LogP contribution >= 0.6 is 10.7 Å². The highest BCUT2D eigenvalue weighted by Crippen LogP contribution is 2.07. The molecule has 0 unspecified atom stereocenters. The second-order valence-electron chi connectivity index (χ2n) is 4.36. The van der Waals surface area contributed by atoms with Gasteiger partial charge in [0.25, 0.3) is 9.24 Å². The summed E-state index contributed by atoms with van der Waals surface area (Å²) in [6, 6.07) is 0. The summed E-state index contributed by atoms with van der Waals surface area (Å²) in [5.41, 5.74) is -0.576. The maximum Gasteiger partial charge on any atom is 0.407 e. The molecule has 0 rings (SSSR count). The Bertz CT molecular complexity index is 350. The number of ether oxygens (including phenoxy) is 1. The average molecular weight is 287 g/mol. The number of likely N-dealkylation sites (N-methyl/N-ethyl adjacent to an activating group) is 1. The van der Waals surface area contributed by atoms with Crippen LogP contribution in [-0.2, 0) is 14.0 Å². The van der Waals surface area contributed by atoms with Gasteiger partial charge in [0.2, 0.25) is 0 Å². The fraction of sp³-hybridized carbons (Fsp3) is 0.889. The van der Waals surface area contributed by atoms with Crippen LogP contribution in [0.5, 0.6) is 0 Å². The summed E-state index contributed by atoms with van der Waals surface area (Å²) >= 11 is 0. The first-order valence-corrected chi connectivity index (χ1v) is 7.49. The Labute approximate surface area is 107 Å². The van der Waals surface area contributed by atoms with Crippen molar-refractivity contribution in [3.8, 4) is 0 Å². The van der Waals surface area contributed by atoms with Crippen LogP contribution in [0, 0.1) is 0 Å². The number of hydrogen-bond donors (Lipinski definition) is 1. The van der Waals surface area contributed by atoms with Crippen LogP contribution < -0.4 is 5.32 Å². The van der Waals surface area contributed by atoms with Gasteiger partial charge >= 0.3 is 6.09 Å². The topological polar surface area (TPSA) is 75.7 Å². The first-order chi connectivity index (χ1) is 7.56. The Kier molecular flexibility index (Phi) is 6.22. The SMILES string of the molecule is CCN(CCNC(=O)OC(C)(C)C)S(=O)(=O)Cl. The van der Waals surface area contributed by atoms with Crippen molar-refractivity contribution in [1.82, 2.24) is 9.62 Å². The van der Waals surface area contributed by atoms with Crippen molar-refractivity contribution in [2.75, 3.05) is 19.6 Å². The Balaban J connectivity index is 4.03. The summed E-state index contributed by atoms with van der Waals surface area (Å²) in [6.45, 7) is 7.40. The number of nitrogens with zero attached hydrogens (tertiary/aromatic N) is 1.